The van der Waals surface area contributed by atoms with Gasteiger partial charge in [-0.1, -0.05) is 13.0 Å². The molecule has 0 spiro atoms. The second-order valence-corrected chi connectivity index (χ2v) is 7.70. The van der Waals surface area contributed by atoms with Crippen LogP contribution in [0.4, 0.5) is 0 Å². The maximum Gasteiger partial charge on any atom is 0.0439 e. The van der Waals surface area contributed by atoms with Crippen LogP contribution in [0.15, 0.2) is 17.5 Å². The summed E-state index contributed by atoms with van der Waals surface area (Å²) < 4.78 is 0. The standard InChI is InChI=1S/C16H28N2S/c1-5-14(15-7-6-10-19-15)18-9-8-13(12-18)11-17-16(2,3)4/h6-7,10,13-14,17H,5,8-9,11-12H2,1-4H3. The Kier molecular flexibility index (Phi) is 5.04. The zero-order valence-electron chi connectivity index (χ0n) is 12.8. The molecule has 108 valence electrons. The van der Waals surface area contributed by atoms with Gasteiger partial charge < -0.3 is 5.32 Å². The van der Waals surface area contributed by atoms with E-state index in [4.69, 9.17) is 0 Å². The zero-order valence-corrected chi connectivity index (χ0v) is 13.6. The summed E-state index contributed by atoms with van der Waals surface area (Å²) in [7, 11) is 0. The summed E-state index contributed by atoms with van der Waals surface area (Å²) in [6, 6.07) is 5.11. The van der Waals surface area contributed by atoms with Crippen molar-refractivity contribution in [2.45, 2.75) is 52.1 Å². The van der Waals surface area contributed by atoms with E-state index in [9.17, 15) is 0 Å². The first-order valence-corrected chi connectivity index (χ1v) is 8.40. The lowest BCUT2D eigenvalue weighted by Crippen LogP contribution is -2.39. The van der Waals surface area contributed by atoms with E-state index in [0.29, 0.717) is 6.04 Å². The lowest BCUT2D eigenvalue weighted by atomic mass is 10.1. The molecule has 0 aromatic carbocycles. The molecule has 1 N–H and O–H groups in total. The monoisotopic (exact) mass is 280 g/mol. The largest absolute Gasteiger partial charge is 0.312 e. The van der Waals surface area contributed by atoms with E-state index in [0.717, 1.165) is 12.5 Å². The van der Waals surface area contributed by atoms with E-state index in [2.05, 4.69) is 55.4 Å². The Balaban J connectivity index is 1.87. The first kappa shape index (κ1) is 15.0. The summed E-state index contributed by atoms with van der Waals surface area (Å²) in [4.78, 5) is 4.22. The average molecular weight is 280 g/mol. The predicted molar refractivity (Wildman–Crippen MR) is 84.8 cm³/mol. The van der Waals surface area contributed by atoms with Crippen molar-refractivity contribution < 1.29 is 0 Å². The Morgan fingerprint density at radius 2 is 2.26 bits per heavy atom. The van der Waals surface area contributed by atoms with Gasteiger partial charge in [0.1, 0.15) is 0 Å². The number of nitrogens with one attached hydrogen (secondary N) is 1. The fraction of sp³-hybridized carbons (Fsp3) is 0.750. The smallest absolute Gasteiger partial charge is 0.0439 e. The maximum atomic E-state index is 3.65. The summed E-state index contributed by atoms with van der Waals surface area (Å²) >= 11 is 1.90. The Labute approximate surface area is 122 Å². The van der Waals surface area contributed by atoms with Gasteiger partial charge >= 0.3 is 0 Å². The van der Waals surface area contributed by atoms with E-state index in [1.165, 1.54) is 30.8 Å². The number of nitrogens with zero attached hydrogens (tertiary/aromatic N) is 1. The molecule has 1 saturated heterocycles. The number of hydrogen-bond donors (Lipinski definition) is 1. The summed E-state index contributed by atoms with van der Waals surface area (Å²) in [6.07, 6.45) is 2.56. The van der Waals surface area contributed by atoms with Crippen LogP contribution in [0.2, 0.25) is 0 Å². The van der Waals surface area contributed by atoms with E-state index in [1.54, 1.807) is 0 Å². The van der Waals surface area contributed by atoms with Gasteiger partial charge in [-0.15, -0.1) is 11.3 Å². The first-order valence-electron chi connectivity index (χ1n) is 7.52. The summed E-state index contributed by atoms with van der Waals surface area (Å²) in [5, 5.41) is 5.85. The van der Waals surface area contributed by atoms with Gasteiger partial charge in [0.2, 0.25) is 0 Å². The molecule has 1 aromatic rings. The van der Waals surface area contributed by atoms with Gasteiger partial charge in [0.15, 0.2) is 0 Å². The highest BCUT2D eigenvalue weighted by Gasteiger charge is 2.29. The number of rotatable bonds is 5. The molecule has 2 nitrogen and oxygen atoms in total. The Bertz CT molecular complexity index is 367. The third-order valence-electron chi connectivity index (χ3n) is 3.94. The minimum atomic E-state index is 0.241. The lowest BCUT2D eigenvalue weighted by Gasteiger charge is -2.27. The van der Waals surface area contributed by atoms with Crippen molar-refractivity contribution in [3.63, 3.8) is 0 Å². The molecule has 2 atom stereocenters. The van der Waals surface area contributed by atoms with Crippen molar-refractivity contribution >= 4 is 11.3 Å². The summed E-state index contributed by atoms with van der Waals surface area (Å²) in [6.45, 7) is 12.7. The highest BCUT2D eigenvalue weighted by atomic mass is 32.1. The third kappa shape index (κ3) is 4.30. The van der Waals surface area contributed by atoms with Gasteiger partial charge in [-0.05, 0) is 64.1 Å². The van der Waals surface area contributed by atoms with Gasteiger partial charge in [0.25, 0.3) is 0 Å². The summed E-state index contributed by atoms with van der Waals surface area (Å²) in [5.41, 5.74) is 0.241. The first-order chi connectivity index (χ1) is 8.99. The predicted octanol–water partition coefficient (Wildman–Crippen LogP) is 3.91. The Hall–Kier alpha value is -0.380. The molecule has 2 unspecified atom stereocenters. The highest BCUT2D eigenvalue weighted by Crippen LogP contribution is 2.32. The Morgan fingerprint density at radius 3 is 2.84 bits per heavy atom. The third-order valence-corrected chi connectivity index (χ3v) is 4.91. The molecule has 1 fully saturated rings. The maximum absolute atomic E-state index is 3.65. The van der Waals surface area contributed by atoms with Crippen molar-refractivity contribution in [3.8, 4) is 0 Å². The molecule has 1 aliphatic heterocycles. The van der Waals surface area contributed by atoms with Crippen molar-refractivity contribution in [2.24, 2.45) is 5.92 Å². The minimum absolute atomic E-state index is 0.241. The quantitative estimate of drug-likeness (QED) is 0.879. The molecule has 1 aromatic heterocycles. The van der Waals surface area contributed by atoms with Crippen LogP contribution in [-0.4, -0.2) is 30.1 Å². The van der Waals surface area contributed by atoms with Gasteiger partial charge in [0.05, 0.1) is 0 Å². The van der Waals surface area contributed by atoms with Crippen LogP contribution < -0.4 is 5.32 Å². The van der Waals surface area contributed by atoms with E-state index in [-0.39, 0.29) is 5.54 Å². The lowest BCUT2D eigenvalue weighted by molar-refractivity contribution is 0.230. The number of hydrogen-bond acceptors (Lipinski definition) is 3. The van der Waals surface area contributed by atoms with Crippen LogP contribution in [0.1, 0.15) is 51.5 Å². The van der Waals surface area contributed by atoms with Crippen molar-refractivity contribution in [1.29, 1.82) is 0 Å². The zero-order chi connectivity index (χ0) is 13.9. The van der Waals surface area contributed by atoms with Gasteiger partial charge in [-0.3, -0.25) is 4.90 Å². The van der Waals surface area contributed by atoms with Crippen LogP contribution in [0.3, 0.4) is 0 Å². The molecular formula is C16H28N2S. The van der Waals surface area contributed by atoms with Crippen LogP contribution in [0, 0.1) is 5.92 Å². The summed E-state index contributed by atoms with van der Waals surface area (Å²) in [5.74, 6) is 0.813. The van der Waals surface area contributed by atoms with Crippen molar-refractivity contribution in [1.82, 2.24) is 10.2 Å². The van der Waals surface area contributed by atoms with Gasteiger partial charge in [-0.2, -0.15) is 0 Å². The number of thiophene rings is 1. The second-order valence-electron chi connectivity index (χ2n) is 6.72. The fourth-order valence-corrected chi connectivity index (χ4v) is 3.83. The second kappa shape index (κ2) is 6.38. The van der Waals surface area contributed by atoms with E-state index < -0.39 is 0 Å². The molecule has 0 bridgehead atoms. The van der Waals surface area contributed by atoms with Crippen LogP contribution in [0.5, 0.6) is 0 Å². The Morgan fingerprint density at radius 1 is 1.47 bits per heavy atom. The molecule has 3 heteroatoms. The van der Waals surface area contributed by atoms with Crippen LogP contribution >= 0.6 is 11.3 Å². The van der Waals surface area contributed by atoms with E-state index in [1.807, 2.05) is 11.3 Å². The molecular weight excluding hydrogens is 252 g/mol. The molecule has 2 heterocycles. The van der Waals surface area contributed by atoms with Gasteiger partial charge in [0, 0.05) is 23.0 Å². The molecule has 0 amide bonds. The molecule has 0 saturated carbocycles. The topological polar surface area (TPSA) is 15.3 Å². The highest BCUT2D eigenvalue weighted by molar-refractivity contribution is 7.10. The number of likely N-dealkylation sites (tertiary alicyclic amines) is 1. The van der Waals surface area contributed by atoms with E-state index >= 15 is 0 Å². The van der Waals surface area contributed by atoms with Crippen LogP contribution in [-0.2, 0) is 0 Å². The molecule has 1 aliphatic rings. The minimum Gasteiger partial charge on any atom is -0.312 e. The van der Waals surface area contributed by atoms with Crippen LogP contribution in [0.25, 0.3) is 0 Å². The molecule has 0 radical (unpaired) electrons. The van der Waals surface area contributed by atoms with Crippen molar-refractivity contribution in [3.05, 3.63) is 22.4 Å². The van der Waals surface area contributed by atoms with Gasteiger partial charge in [-0.25, -0.2) is 0 Å². The molecule has 0 aliphatic carbocycles. The van der Waals surface area contributed by atoms with Crippen molar-refractivity contribution in [2.75, 3.05) is 19.6 Å². The normalized spacial score (nSPS) is 22.8. The fourth-order valence-electron chi connectivity index (χ4n) is 2.88. The SMILES string of the molecule is CCC(c1cccs1)N1CCC(CNC(C)(C)C)C1. The molecule has 19 heavy (non-hydrogen) atoms. The average Bonchev–Trinajstić information content (AvgIpc) is 2.98. The molecule has 2 rings (SSSR count).